The van der Waals surface area contributed by atoms with E-state index in [2.05, 4.69) is 20.9 Å². The van der Waals surface area contributed by atoms with Crippen LogP contribution in [0.5, 0.6) is 0 Å². The van der Waals surface area contributed by atoms with Crippen molar-refractivity contribution >= 4 is 35.1 Å². The van der Waals surface area contributed by atoms with Gasteiger partial charge in [0.25, 0.3) is 11.8 Å². The Balaban J connectivity index is 1.67. The van der Waals surface area contributed by atoms with Crippen LogP contribution in [0.1, 0.15) is 53.0 Å². The van der Waals surface area contributed by atoms with Gasteiger partial charge in [-0.1, -0.05) is 27.7 Å². The Bertz CT molecular complexity index is 1250. The first-order valence-electron chi connectivity index (χ1n) is 15.0. The van der Waals surface area contributed by atoms with Gasteiger partial charge in [-0.2, -0.15) is 0 Å². The van der Waals surface area contributed by atoms with Gasteiger partial charge in [-0.25, -0.2) is 14.1 Å². The summed E-state index contributed by atoms with van der Waals surface area (Å²) in [7, 11) is 0. The molecule has 2 aliphatic heterocycles. The molecule has 3 N–H and O–H groups in total. The Hall–Kier alpha value is -3.77. The van der Waals surface area contributed by atoms with Crippen molar-refractivity contribution in [2.75, 3.05) is 57.9 Å². The number of imide groups is 1. The van der Waals surface area contributed by atoms with Crippen LogP contribution in [-0.4, -0.2) is 92.2 Å². The minimum atomic E-state index is -0.772. The fraction of sp³-hybridized carbons (Fsp3) is 0.548. The summed E-state index contributed by atoms with van der Waals surface area (Å²) < 4.78 is 24.8. The molecule has 2 heterocycles. The van der Waals surface area contributed by atoms with E-state index < -0.39 is 23.9 Å². The number of rotatable bonds is 15. The van der Waals surface area contributed by atoms with E-state index in [1.807, 2.05) is 27.7 Å². The number of nitrogens with zero attached hydrogens (tertiary/aromatic N) is 2. The highest BCUT2D eigenvalue weighted by molar-refractivity contribution is 6.31. The van der Waals surface area contributed by atoms with Crippen molar-refractivity contribution in [1.82, 2.24) is 20.4 Å². The fourth-order valence-corrected chi connectivity index (χ4v) is 5.17. The van der Waals surface area contributed by atoms with Crippen molar-refractivity contribution in [1.29, 1.82) is 0 Å². The predicted octanol–water partition coefficient (Wildman–Crippen LogP) is 3.28. The third-order valence-electron chi connectivity index (χ3n) is 7.62. The average molecular weight is 602 g/mol. The zero-order valence-corrected chi connectivity index (χ0v) is 25.8. The lowest BCUT2D eigenvalue weighted by Crippen LogP contribution is -2.44. The van der Waals surface area contributed by atoms with Crippen LogP contribution in [0.2, 0.25) is 0 Å². The number of carbonyl (C=O) groups excluding carboxylic acids is 4. The standard InChI is InChI=1S/C31H44FN5O6/c1-6-9-27(38)33-12-15-42-16-17-43-31(41)37(14-13-36(7-2)8-3)30(40)28-20(4)26(34-21(28)5)19-24-23-18-22(32)10-11-25(23)35-29(24)39/h10-11,18-20,26,34H,6-9,12-17H2,1-5H3,(H,33,38)(H,35,39)/b24-19-. The highest BCUT2D eigenvalue weighted by Gasteiger charge is 2.38. The van der Waals surface area contributed by atoms with E-state index in [0.717, 1.165) is 24.4 Å². The molecule has 2 aliphatic rings. The number of hydrogen-bond donors (Lipinski definition) is 3. The average Bonchev–Trinajstić information content (AvgIpc) is 3.43. The van der Waals surface area contributed by atoms with E-state index >= 15 is 0 Å². The number of likely N-dealkylation sites (N-methyl/N-ethyl adjacent to an activating group) is 1. The SMILES string of the molecule is CCCC(=O)NCCOCCOC(=O)N(CCN(CC)CC)C(=O)C1=C(C)NC(/C=C2\C(=O)Nc3ccc(F)cc32)C1C. The van der Waals surface area contributed by atoms with Gasteiger partial charge in [0.1, 0.15) is 12.4 Å². The van der Waals surface area contributed by atoms with Gasteiger partial charge < -0.3 is 30.3 Å². The van der Waals surface area contributed by atoms with Gasteiger partial charge in [0.2, 0.25) is 5.91 Å². The van der Waals surface area contributed by atoms with E-state index in [9.17, 15) is 23.6 Å². The van der Waals surface area contributed by atoms with Gasteiger partial charge in [0.05, 0.1) is 19.3 Å². The molecule has 0 saturated heterocycles. The predicted molar refractivity (Wildman–Crippen MR) is 161 cm³/mol. The maximum Gasteiger partial charge on any atom is 0.416 e. The lowest BCUT2D eigenvalue weighted by atomic mass is 9.92. The van der Waals surface area contributed by atoms with E-state index in [4.69, 9.17) is 9.47 Å². The van der Waals surface area contributed by atoms with Crippen molar-refractivity contribution in [2.24, 2.45) is 5.92 Å². The van der Waals surface area contributed by atoms with Crippen LogP contribution < -0.4 is 16.0 Å². The number of benzene rings is 1. The molecule has 43 heavy (non-hydrogen) atoms. The molecule has 11 nitrogen and oxygen atoms in total. The number of allylic oxidation sites excluding steroid dienone is 1. The summed E-state index contributed by atoms with van der Waals surface area (Å²) in [4.78, 5) is 54.5. The monoisotopic (exact) mass is 601 g/mol. The maximum absolute atomic E-state index is 13.9. The van der Waals surface area contributed by atoms with Crippen molar-refractivity contribution in [3.63, 3.8) is 0 Å². The zero-order valence-electron chi connectivity index (χ0n) is 25.8. The summed E-state index contributed by atoms with van der Waals surface area (Å²) in [5.74, 6) is -1.70. The van der Waals surface area contributed by atoms with Crippen LogP contribution in [0.4, 0.5) is 14.9 Å². The molecule has 1 aromatic carbocycles. The normalized spacial score (nSPS) is 18.5. The lowest BCUT2D eigenvalue weighted by molar-refractivity contribution is -0.126. The quantitative estimate of drug-likeness (QED) is 0.206. The van der Waals surface area contributed by atoms with Gasteiger partial charge in [0, 0.05) is 60.1 Å². The molecule has 0 radical (unpaired) electrons. The highest BCUT2D eigenvalue weighted by atomic mass is 19.1. The smallest absolute Gasteiger partial charge is 0.416 e. The number of anilines is 1. The number of nitrogens with one attached hydrogen (secondary N) is 3. The van der Waals surface area contributed by atoms with Crippen molar-refractivity contribution in [3.8, 4) is 0 Å². The Kier molecular flexibility index (Phi) is 12.7. The molecule has 3 rings (SSSR count). The van der Waals surface area contributed by atoms with Gasteiger partial charge in [-0.15, -0.1) is 0 Å². The molecular weight excluding hydrogens is 557 g/mol. The molecule has 0 aliphatic carbocycles. The summed E-state index contributed by atoms with van der Waals surface area (Å²) in [6.07, 6.45) is 2.16. The maximum atomic E-state index is 13.9. The molecule has 0 bridgehead atoms. The lowest BCUT2D eigenvalue weighted by Gasteiger charge is -2.26. The van der Waals surface area contributed by atoms with Crippen LogP contribution in [0, 0.1) is 11.7 Å². The number of halogens is 1. The van der Waals surface area contributed by atoms with Crippen molar-refractivity contribution in [2.45, 2.75) is 53.5 Å². The zero-order chi connectivity index (χ0) is 31.5. The Labute approximate surface area is 252 Å². The molecule has 2 unspecified atom stereocenters. The molecule has 4 amide bonds. The number of ether oxygens (including phenoxy) is 2. The summed E-state index contributed by atoms with van der Waals surface area (Å²) in [6.45, 7) is 12.4. The minimum absolute atomic E-state index is 0.0382. The first kappa shape index (κ1) is 33.7. The second-order valence-electron chi connectivity index (χ2n) is 10.5. The molecule has 0 saturated carbocycles. The molecule has 0 fully saturated rings. The first-order chi connectivity index (χ1) is 20.6. The minimum Gasteiger partial charge on any atom is -0.447 e. The number of hydrogen-bond acceptors (Lipinski definition) is 8. The topological polar surface area (TPSA) is 129 Å². The van der Waals surface area contributed by atoms with Gasteiger partial charge >= 0.3 is 6.09 Å². The van der Waals surface area contributed by atoms with Crippen molar-refractivity contribution in [3.05, 3.63) is 46.9 Å². The highest BCUT2D eigenvalue weighted by Crippen LogP contribution is 2.35. The van der Waals surface area contributed by atoms with Crippen LogP contribution in [0.25, 0.3) is 5.57 Å². The Morgan fingerprint density at radius 1 is 1.09 bits per heavy atom. The third-order valence-corrected chi connectivity index (χ3v) is 7.62. The largest absolute Gasteiger partial charge is 0.447 e. The number of amides is 4. The Morgan fingerprint density at radius 3 is 2.53 bits per heavy atom. The van der Waals surface area contributed by atoms with E-state index in [1.54, 1.807) is 13.0 Å². The Morgan fingerprint density at radius 2 is 1.84 bits per heavy atom. The van der Waals surface area contributed by atoms with Crippen LogP contribution in [-0.2, 0) is 23.9 Å². The fourth-order valence-electron chi connectivity index (χ4n) is 5.17. The third kappa shape index (κ3) is 8.87. The van der Waals surface area contributed by atoms with Gasteiger partial charge in [-0.05, 0) is 50.7 Å². The molecule has 2 atom stereocenters. The van der Waals surface area contributed by atoms with Gasteiger partial charge in [0.15, 0.2) is 0 Å². The molecular formula is C31H44FN5O6. The summed E-state index contributed by atoms with van der Waals surface area (Å²) in [6, 6.07) is 3.68. The van der Waals surface area contributed by atoms with Crippen LogP contribution >= 0.6 is 0 Å². The summed E-state index contributed by atoms with van der Waals surface area (Å²) in [5.41, 5.74) is 2.32. The molecule has 12 heteroatoms. The molecule has 1 aromatic rings. The van der Waals surface area contributed by atoms with Crippen molar-refractivity contribution < 1.29 is 33.0 Å². The first-order valence-corrected chi connectivity index (χ1v) is 15.0. The molecule has 0 aromatic heterocycles. The van der Waals surface area contributed by atoms with E-state index in [-0.39, 0.29) is 44.1 Å². The van der Waals surface area contributed by atoms with E-state index in [0.29, 0.717) is 47.6 Å². The second kappa shape index (κ2) is 16.2. The number of fused-ring (bicyclic) bond motifs is 1. The van der Waals surface area contributed by atoms with Crippen LogP contribution in [0.3, 0.4) is 0 Å². The summed E-state index contributed by atoms with van der Waals surface area (Å²) in [5, 5.41) is 8.75. The molecule has 236 valence electrons. The second-order valence-corrected chi connectivity index (χ2v) is 10.5. The number of carbonyl (C=O) groups is 4. The summed E-state index contributed by atoms with van der Waals surface area (Å²) >= 11 is 0. The molecule has 0 spiro atoms. The van der Waals surface area contributed by atoms with Gasteiger partial charge in [-0.3, -0.25) is 14.4 Å². The van der Waals surface area contributed by atoms with E-state index in [1.165, 1.54) is 18.2 Å². The van der Waals surface area contributed by atoms with Crippen LogP contribution in [0.15, 0.2) is 35.5 Å².